The van der Waals surface area contributed by atoms with E-state index in [0.29, 0.717) is 18.1 Å². The molecular weight excluding hydrogens is 216 g/mol. The van der Waals surface area contributed by atoms with Gasteiger partial charge in [0.2, 0.25) is 0 Å². The summed E-state index contributed by atoms with van der Waals surface area (Å²) in [5.41, 5.74) is 0. The minimum Gasteiger partial charge on any atom is -0.313 e. The normalized spacial score (nSPS) is 15.8. The monoisotopic (exact) mass is 246 g/mol. The summed E-state index contributed by atoms with van der Waals surface area (Å²) in [5, 5.41) is 3.56. The van der Waals surface area contributed by atoms with Crippen LogP contribution in [0.15, 0.2) is 0 Å². The maximum absolute atomic E-state index is 3.56. The zero-order chi connectivity index (χ0) is 12.6. The van der Waals surface area contributed by atoms with E-state index in [9.17, 15) is 0 Å². The van der Waals surface area contributed by atoms with Crippen LogP contribution in [-0.2, 0) is 0 Å². The Bertz CT molecular complexity index is 162. The minimum absolute atomic E-state index is 0.587. The van der Waals surface area contributed by atoms with Crippen LogP contribution in [0.5, 0.6) is 0 Å². The van der Waals surface area contributed by atoms with Gasteiger partial charge in [0.05, 0.1) is 0 Å². The third-order valence-electron chi connectivity index (χ3n) is 3.06. The van der Waals surface area contributed by atoms with Crippen LogP contribution in [0.25, 0.3) is 0 Å². The number of hydrogen-bond acceptors (Lipinski definition) is 3. The second-order valence-corrected chi connectivity index (χ2v) is 5.89. The van der Waals surface area contributed by atoms with E-state index in [1.165, 1.54) is 18.6 Å². The molecule has 2 nitrogen and oxygen atoms in total. The SMILES string of the molecule is CCCC(CNC(C)C)N(C)C(C)CSC. The summed E-state index contributed by atoms with van der Waals surface area (Å²) in [6.45, 7) is 10.1. The molecule has 0 rings (SSSR count). The van der Waals surface area contributed by atoms with Gasteiger partial charge in [-0.15, -0.1) is 0 Å². The Kier molecular flexibility index (Phi) is 9.47. The summed E-state index contributed by atoms with van der Waals surface area (Å²) in [6.07, 6.45) is 4.74. The molecule has 0 aromatic heterocycles. The fourth-order valence-corrected chi connectivity index (χ4v) is 2.59. The third kappa shape index (κ3) is 6.77. The van der Waals surface area contributed by atoms with Gasteiger partial charge < -0.3 is 5.32 Å². The fraction of sp³-hybridized carbons (Fsp3) is 1.00. The predicted molar refractivity (Wildman–Crippen MR) is 77.4 cm³/mol. The average molecular weight is 246 g/mol. The zero-order valence-electron chi connectivity index (χ0n) is 11.9. The Balaban J connectivity index is 4.15. The Labute approximate surface area is 107 Å². The summed E-state index contributed by atoms with van der Waals surface area (Å²) >= 11 is 1.94. The lowest BCUT2D eigenvalue weighted by atomic mass is 10.1. The standard InChI is InChI=1S/C13H30N2S/c1-7-8-13(9-14-11(2)3)15(5)12(4)10-16-6/h11-14H,7-10H2,1-6H3. The summed E-state index contributed by atoms with van der Waals surface area (Å²) in [4.78, 5) is 2.54. The average Bonchev–Trinajstić information content (AvgIpc) is 2.23. The van der Waals surface area contributed by atoms with Gasteiger partial charge in [-0.3, -0.25) is 4.90 Å². The number of nitrogens with zero attached hydrogens (tertiary/aromatic N) is 1. The topological polar surface area (TPSA) is 15.3 Å². The van der Waals surface area contributed by atoms with Gasteiger partial charge in [-0.05, 0) is 26.6 Å². The summed E-state index contributed by atoms with van der Waals surface area (Å²) in [6, 6.07) is 1.93. The van der Waals surface area contributed by atoms with E-state index in [1.807, 2.05) is 11.8 Å². The van der Waals surface area contributed by atoms with Gasteiger partial charge in [-0.25, -0.2) is 0 Å². The highest BCUT2D eigenvalue weighted by atomic mass is 32.2. The summed E-state index contributed by atoms with van der Waals surface area (Å²) in [5.74, 6) is 1.22. The van der Waals surface area contributed by atoms with Crippen LogP contribution in [0.1, 0.15) is 40.5 Å². The molecule has 0 heterocycles. The molecule has 0 radical (unpaired) electrons. The maximum atomic E-state index is 3.56. The Morgan fingerprint density at radius 3 is 2.31 bits per heavy atom. The van der Waals surface area contributed by atoms with E-state index in [4.69, 9.17) is 0 Å². The highest BCUT2D eigenvalue weighted by molar-refractivity contribution is 7.98. The number of hydrogen-bond donors (Lipinski definition) is 1. The van der Waals surface area contributed by atoms with Crippen LogP contribution in [0, 0.1) is 0 Å². The third-order valence-corrected chi connectivity index (χ3v) is 3.88. The lowest BCUT2D eigenvalue weighted by Gasteiger charge is -2.33. The number of nitrogens with one attached hydrogen (secondary N) is 1. The zero-order valence-corrected chi connectivity index (χ0v) is 12.7. The molecule has 16 heavy (non-hydrogen) atoms. The molecule has 0 saturated heterocycles. The quantitative estimate of drug-likeness (QED) is 0.673. The molecule has 0 aliphatic heterocycles. The van der Waals surface area contributed by atoms with Crippen molar-refractivity contribution in [2.45, 2.75) is 58.7 Å². The van der Waals surface area contributed by atoms with Crippen molar-refractivity contribution in [3.63, 3.8) is 0 Å². The summed E-state index contributed by atoms with van der Waals surface area (Å²) in [7, 11) is 2.27. The van der Waals surface area contributed by atoms with Crippen molar-refractivity contribution < 1.29 is 0 Å². The van der Waals surface area contributed by atoms with Crippen molar-refractivity contribution in [1.82, 2.24) is 10.2 Å². The van der Waals surface area contributed by atoms with Gasteiger partial charge in [0, 0.05) is 30.4 Å². The van der Waals surface area contributed by atoms with Crippen molar-refractivity contribution >= 4 is 11.8 Å². The van der Waals surface area contributed by atoms with E-state index >= 15 is 0 Å². The molecule has 1 N–H and O–H groups in total. The fourth-order valence-electron chi connectivity index (χ4n) is 1.87. The molecule has 2 unspecified atom stereocenters. The molecule has 2 atom stereocenters. The maximum Gasteiger partial charge on any atom is 0.0220 e. The van der Waals surface area contributed by atoms with Gasteiger partial charge in [0.15, 0.2) is 0 Å². The van der Waals surface area contributed by atoms with Crippen LogP contribution >= 0.6 is 11.8 Å². The number of thioether (sulfide) groups is 1. The molecule has 0 aliphatic rings. The molecule has 0 aliphatic carbocycles. The Morgan fingerprint density at radius 1 is 1.25 bits per heavy atom. The molecule has 0 saturated carbocycles. The molecule has 0 spiro atoms. The lowest BCUT2D eigenvalue weighted by molar-refractivity contribution is 0.181. The highest BCUT2D eigenvalue weighted by Crippen LogP contribution is 2.11. The molecule has 0 amide bonds. The first-order chi connectivity index (χ1) is 7.52. The van der Waals surface area contributed by atoms with E-state index in [0.717, 1.165) is 6.54 Å². The van der Waals surface area contributed by atoms with E-state index in [1.54, 1.807) is 0 Å². The predicted octanol–water partition coefficient (Wildman–Crippen LogP) is 2.84. The second kappa shape index (κ2) is 9.32. The van der Waals surface area contributed by atoms with Crippen molar-refractivity contribution in [3.8, 4) is 0 Å². The largest absolute Gasteiger partial charge is 0.313 e. The van der Waals surface area contributed by atoms with Gasteiger partial charge in [-0.2, -0.15) is 11.8 Å². The molecule has 0 bridgehead atoms. The van der Waals surface area contributed by atoms with Crippen LogP contribution in [-0.4, -0.2) is 48.6 Å². The summed E-state index contributed by atoms with van der Waals surface area (Å²) < 4.78 is 0. The van der Waals surface area contributed by atoms with E-state index < -0.39 is 0 Å². The van der Waals surface area contributed by atoms with Crippen molar-refractivity contribution in [3.05, 3.63) is 0 Å². The van der Waals surface area contributed by atoms with Gasteiger partial charge in [0.25, 0.3) is 0 Å². The van der Waals surface area contributed by atoms with Crippen molar-refractivity contribution in [2.75, 3.05) is 25.6 Å². The Morgan fingerprint density at radius 2 is 1.88 bits per heavy atom. The second-order valence-electron chi connectivity index (χ2n) is 4.98. The first-order valence-corrected chi connectivity index (χ1v) is 7.86. The van der Waals surface area contributed by atoms with Crippen molar-refractivity contribution in [1.29, 1.82) is 0 Å². The lowest BCUT2D eigenvalue weighted by Crippen LogP contribution is -2.46. The smallest absolute Gasteiger partial charge is 0.0220 e. The van der Waals surface area contributed by atoms with Crippen LogP contribution in [0.2, 0.25) is 0 Å². The molecule has 0 aromatic rings. The highest BCUT2D eigenvalue weighted by Gasteiger charge is 2.18. The first kappa shape index (κ1) is 16.3. The van der Waals surface area contributed by atoms with E-state index in [-0.39, 0.29) is 0 Å². The van der Waals surface area contributed by atoms with Gasteiger partial charge in [0.1, 0.15) is 0 Å². The van der Waals surface area contributed by atoms with Crippen molar-refractivity contribution in [2.24, 2.45) is 0 Å². The molecular formula is C13H30N2S. The molecule has 3 heteroatoms. The van der Waals surface area contributed by atoms with Gasteiger partial charge >= 0.3 is 0 Å². The number of rotatable bonds is 9. The molecule has 0 fully saturated rings. The molecule has 98 valence electrons. The first-order valence-electron chi connectivity index (χ1n) is 6.47. The van der Waals surface area contributed by atoms with Crippen LogP contribution < -0.4 is 5.32 Å². The van der Waals surface area contributed by atoms with E-state index in [2.05, 4.69) is 51.2 Å². The number of likely N-dealkylation sites (N-methyl/N-ethyl adjacent to an activating group) is 1. The van der Waals surface area contributed by atoms with Crippen LogP contribution in [0.3, 0.4) is 0 Å². The molecule has 0 aromatic carbocycles. The van der Waals surface area contributed by atoms with Crippen LogP contribution in [0.4, 0.5) is 0 Å². The van der Waals surface area contributed by atoms with Gasteiger partial charge in [-0.1, -0.05) is 27.2 Å². The minimum atomic E-state index is 0.587. The Hall–Kier alpha value is 0.270.